The first-order valence-corrected chi connectivity index (χ1v) is 24.0. The van der Waals surface area contributed by atoms with Gasteiger partial charge >= 0.3 is 19.8 Å². The van der Waals surface area contributed by atoms with Crippen molar-refractivity contribution in [1.29, 1.82) is 0 Å². The Balaban J connectivity index is 4.43. The number of carbonyl (C=O) groups is 2. The van der Waals surface area contributed by atoms with E-state index in [0.717, 1.165) is 70.6 Å². The molecule has 59 heavy (non-hydrogen) atoms. The number of likely N-dealkylation sites (N-methyl/N-ethyl adjacent to an activating group) is 1. The molecular weight excluding hydrogens is 762 g/mol. The third-order valence-electron chi connectivity index (χ3n) is 8.89. The van der Waals surface area contributed by atoms with Crippen LogP contribution in [0.3, 0.4) is 0 Å². The summed E-state index contributed by atoms with van der Waals surface area (Å²) in [6.45, 7) is 4.07. The molecule has 10 heteroatoms. The van der Waals surface area contributed by atoms with Crippen molar-refractivity contribution in [3.8, 4) is 0 Å². The van der Waals surface area contributed by atoms with E-state index in [2.05, 4.69) is 98.9 Å². The van der Waals surface area contributed by atoms with Crippen molar-refractivity contribution < 1.29 is 37.6 Å². The SMILES string of the molecule is CC/C=C\C/C=C\C/C=C\C/C=C\C/C=C\C/C=C\CCC(=O)OC(COC(=O)CCCCCCCCC/C=C\C/C=C\CCCCC)COP(=O)(O)OCCN(C)C. The number of carbonyl (C=O) groups excluding carboxylic acids is 2. The van der Waals surface area contributed by atoms with E-state index in [1.807, 2.05) is 26.2 Å². The second kappa shape index (κ2) is 43.0. The first-order chi connectivity index (χ1) is 28.7. The highest BCUT2D eigenvalue weighted by molar-refractivity contribution is 7.47. The van der Waals surface area contributed by atoms with Crippen LogP contribution in [0.5, 0.6) is 0 Å². The Bertz CT molecular complexity index is 1300. The molecule has 0 saturated heterocycles. The molecule has 0 bridgehead atoms. The lowest BCUT2D eigenvalue weighted by molar-refractivity contribution is -0.161. The summed E-state index contributed by atoms with van der Waals surface area (Å²) in [7, 11) is -0.766. The fourth-order valence-corrected chi connectivity index (χ4v) is 6.19. The molecule has 2 unspecified atom stereocenters. The van der Waals surface area contributed by atoms with Crippen LogP contribution in [0.2, 0.25) is 0 Å². The lowest BCUT2D eigenvalue weighted by Gasteiger charge is -2.20. The molecule has 0 heterocycles. The number of allylic oxidation sites excluding steroid dienone is 16. The second-order valence-electron chi connectivity index (χ2n) is 14.8. The zero-order valence-electron chi connectivity index (χ0n) is 37.4. The largest absolute Gasteiger partial charge is 0.472 e. The van der Waals surface area contributed by atoms with Gasteiger partial charge in [0, 0.05) is 19.4 Å². The number of nitrogens with zero attached hydrogens (tertiary/aromatic N) is 1. The van der Waals surface area contributed by atoms with Crippen molar-refractivity contribution in [3.63, 3.8) is 0 Å². The van der Waals surface area contributed by atoms with E-state index in [9.17, 15) is 19.0 Å². The minimum Gasteiger partial charge on any atom is -0.462 e. The fraction of sp³-hybridized carbons (Fsp3) is 0.633. The Morgan fingerprint density at radius 2 is 1.00 bits per heavy atom. The maximum atomic E-state index is 12.6. The molecule has 0 radical (unpaired) electrons. The number of ether oxygens (including phenoxy) is 2. The Labute approximate surface area is 360 Å². The van der Waals surface area contributed by atoms with Gasteiger partial charge in [-0.25, -0.2) is 4.57 Å². The molecule has 0 rings (SSSR count). The minimum atomic E-state index is -4.39. The summed E-state index contributed by atoms with van der Waals surface area (Å²) in [4.78, 5) is 37.0. The van der Waals surface area contributed by atoms with Gasteiger partial charge in [-0.15, -0.1) is 0 Å². The third kappa shape index (κ3) is 44.3. The standard InChI is InChI=1S/C49H82NO8P/c1-5-7-9-11-13-15-17-19-21-23-24-26-28-30-32-34-36-38-40-42-49(52)58-47(46-57-59(53,54)56-44-43-50(3)4)45-55-48(51)41-39-37-35-33-31-29-27-25-22-20-18-16-14-12-10-8-6-2/h7,9,13-16,19-22,24,26,30,32,36,38,47H,5-6,8,10-12,17-18,23,25,27-29,31,33-35,37,39-46H2,1-4H3,(H,53,54)/b9-7-,15-13-,16-14-,21-19-,22-20-,26-24-,32-30-,38-36-. The summed E-state index contributed by atoms with van der Waals surface area (Å²) < 4.78 is 33.4. The molecule has 0 aliphatic heterocycles. The number of unbranched alkanes of at least 4 members (excludes halogenated alkanes) is 10. The van der Waals surface area contributed by atoms with Crippen LogP contribution in [0, 0.1) is 0 Å². The van der Waals surface area contributed by atoms with Crippen LogP contribution in [0.25, 0.3) is 0 Å². The van der Waals surface area contributed by atoms with Gasteiger partial charge in [0.15, 0.2) is 6.10 Å². The zero-order chi connectivity index (χ0) is 43.3. The van der Waals surface area contributed by atoms with Gasteiger partial charge in [-0.05, 0) is 97.6 Å². The first-order valence-electron chi connectivity index (χ1n) is 22.5. The zero-order valence-corrected chi connectivity index (χ0v) is 38.3. The van der Waals surface area contributed by atoms with Crippen LogP contribution in [0.15, 0.2) is 97.2 Å². The Kier molecular flexibility index (Phi) is 40.8. The monoisotopic (exact) mass is 844 g/mol. The van der Waals surface area contributed by atoms with Gasteiger partial charge in [-0.3, -0.25) is 18.6 Å². The molecule has 0 saturated carbocycles. The van der Waals surface area contributed by atoms with Gasteiger partial charge in [-0.1, -0.05) is 156 Å². The number of esters is 2. The molecule has 0 aliphatic carbocycles. The van der Waals surface area contributed by atoms with Crippen molar-refractivity contribution in [2.75, 3.05) is 40.5 Å². The van der Waals surface area contributed by atoms with E-state index < -0.39 is 32.5 Å². The predicted molar refractivity (Wildman–Crippen MR) is 247 cm³/mol. The van der Waals surface area contributed by atoms with Crippen molar-refractivity contribution in [1.82, 2.24) is 4.90 Å². The van der Waals surface area contributed by atoms with Crippen molar-refractivity contribution in [2.24, 2.45) is 0 Å². The molecule has 0 aromatic heterocycles. The topological polar surface area (TPSA) is 112 Å². The van der Waals surface area contributed by atoms with Crippen molar-refractivity contribution >= 4 is 19.8 Å². The molecule has 0 aromatic rings. The highest BCUT2D eigenvalue weighted by atomic mass is 31.2. The van der Waals surface area contributed by atoms with Gasteiger partial charge in [0.05, 0.1) is 13.2 Å². The summed E-state index contributed by atoms with van der Waals surface area (Å²) in [5.74, 6) is -0.919. The third-order valence-corrected chi connectivity index (χ3v) is 9.87. The average Bonchev–Trinajstić information content (AvgIpc) is 3.20. The van der Waals surface area contributed by atoms with Gasteiger partial charge in [0.1, 0.15) is 6.61 Å². The Morgan fingerprint density at radius 1 is 0.542 bits per heavy atom. The molecule has 2 atom stereocenters. The van der Waals surface area contributed by atoms with Crippen molar-refractivity contribution in [3.05, 3.63) is 97.2 Å². The molecular formula is C49H82NO8P. The van der Waals surface area contributed by atoms with Gasteiger partial charge in [0.25, 0.3) is 0 Å². The molecule has 0 spiro atoms. The quantitative estimate of drug-likeness (QED) is 0.0279. The number of hydrogen-bond acceptors (Lipinski definition) is 8. The number of phosphoric acid groups is 1. The van der Waals surface area contributed by atoms with E-state index in [1.54, 1.807) is 4.90 Å². The lowest BCUT2D eigenvalue weighted by atomic mass is 10.1. The highest BCUT2D eigenvalue weighted by Crippen LogP contribution is 2.43. The van der Waals surface area contributed by atoms with E-state index in [1.165, 1.54) is 44.9 Å². The van der Waals surface area contributed by atoms with E-state index in [-0.39, 0.29) is 26.1 Å². The maximum Gasteiger partial charge on any atom is 0.472 e. The molecule has 0 fully saturated rings. The van der Waals surface area contributed by atoms with E-state index in [4.69, 9.17) is 18.5 Å². The second-order valence-corrected chi connectivity index (χ2v) is 16.3. The van der Waals surface area contributed by atoms with E-state index >= 15 is 0 Å². The molecule has 9 nitrogen and oxygen atoms in total. The Hall–Kier alpha value is -3.07. The summed E-state index contributed by atoms with van der Waals surface area (Å²) in [5, 5.41) is 0. The normalized spacial score (nSPS) is 14.3. The smallest absolute Gasteiger partial charge is 0.462 e. The van der Waals surface area contributed by atoms with Crippen LogP contribution in [0.1, 0.15) is 155 Å². The van der Waals surface area contributed by atoms with Crippen LogP contribution >= 0.6 is 7.82 Å². The van der Waals surface area contributed by atoms with Crippen LogP contribution in [-0.2, 0) is 32.7 Å². The fourth-order valence-electron chi connectivity index (χ4n) is 5.45. The van der Waals surface area contributed by atoms with Crippen LogP contribution in [-0.4, -0.2) is 68.3 Å². The summed E-state index contributed by atoms with van der Waals surface area (Å²) in [5.41, 5.74) is 0. The molecule has 1 N–H and O–H groups in total. The summed E-state index contributed by atoms with van der Waals surface area (Å²) in [6.07, 6.45) is 54.7. The van der Waals surface area contributed by atoms with Gasteiger partial charge in [-0.2, -0.15) is 0 Å². The summed E-state index contributed by atoms with van der Waals surface area (Å²) in [6, 6.07) is 0. The highest BCUT2D eigenvalue weighted by Gasteiger charge is 2.26. The number of hydrogen-bond donors (Lipinski definition) is 1. The number of phosphoric ester groups is 1. The molecule has 0 amide bonds. The van der Waals surface area contributed by atoms with E-state index in [0.29, 0.717) is 19.4 Å². The Morgan fingerprint density at radius 3 is 1.51 bits per heavy atom. The lowest BCUT2D eigenvalue weighted by Crippen LogP contribution is -2.29. The molecule has 336 valence electrons. The predicted octanol–water partition coefficient (Wildman–Crippen LogP) is 13.2. The molecule has 0 aliphatic rings. The van der Waals surface area contributed by atoms with Crippen LogP contribution < -0.4 is 0 Å². The number of rotatable bonds is 40. The molecule has 0 aromatic carbocycles. The van der Waals surface area contributed by atoms with Crippen LogP contribution in [0.4, 0.5) is 0 Å². The first kappa shape index (κ1) is 55.9. The summed E-state index contributed by atoms with van der Waals surface area (Å²) >= 11 is 0. The average molecular weight is 844 g/mol. The minimum absolute atomic E-state index is 0.0130. The van der Waals surface area contributed by atoms with Gasteiger partial charge in [0.2, 0.25) is 0 Å². The van der Waals surface area contributed by atoms with Crippen molar-refractivity contribution in [2.45, 2.75) is 161 Å². The van der Waals surface area contributed by atoms with Gasteiger partial charge < -0.3 is 19.3 Å². The maximum absolute atomic E-state index is 12.6.